The van der Waals surface area contributed by atoms with Crippen molar-refractivity contribution in [1.29, 1.82) is 0 Å². The highest BCUT2D eigenvalue weighted by molar-refractivity contribution is 7.99. The molecule has 0 aromatic heterocycles. The van der Waals surface area contributed by atoms with Gasteiger partial charge >= 0.3 is 0 Å². The molecule has 0 spiro atoms. The SMILES string of the molecule is CCCCc1ccc(OCSc2cc(C)ccc2C)cc1. The number of thioether (sulfide) groups is 1. The van der Waals surface area contributed by atoms with Gasteiger partial charge in [0.1, 0.15) is 11.7 Å². The molecule has 2 aromatic carbocycles. The van der Waals surface area contributed by atoms with Gasteiger partial charge < -0.3 is 4.74 Å². The quantitative estimate of drug-likeness (QED) is 0.474. The molecule has 0 aliphatic rings. The summed E-state index contributed by atoms with van der Waals surface area (Å²) in [6.45, 7) is 6.49. The van der Waals surface area contributed by atoms with Gasteiger partial charge in [-0.25, -0.2) is 0 Å². The molecule has 0 atom stereocenters. The summed E-state index contributed by atoms with van der Waals surface area (Å²) < 4.78 is 5.83. The fourth-order valence-corrected chi connectivity index (χ4v) is 3.04. The lowest BCUT2D eigenvalue weighted by Gasteiger charge is -2.09. The molecule has 0 radical (unpaired) electrons. The van der Waals surface area contributed by atoms with E-state index in [0.29, 0.717) is 5.94 Å². The molecule has 0 aliphatic heterocycles. The Bertz CT molecular complexity index is 560. The number of benzene rings is 2. The van der Waals surface area contributed by atoms with Crippen molar-refractivity contribution in [2.75, 3.05) is 5.94 Å². The second kappa shape index (κ2) is 8.14. The van der Waals surface area contributed by atoms with E-state index in [1.807, 2.05) is 0 Å². The van der Waals surface area contributed by atoms with Gasteiger partial charge in [0.25, 0.3) is 0 Å². The first-order chi connectivity index (χ1) is 10.2. The first-order valence-corrected chi connectivity index (χ1v) is 8.59. The Morgan fingerprint density at radius 2 is 1.76 bits per heavy atom. The standard InChI is InChI=1S/C19H24OS/c1-4-5-6-17-9-11-18(12-10-17)20-14-21-19-13-15(2)7-8-16(19)3/h7-13H,4-6,14H2,1-3H3. The van der Waals surface area contributed by atoms with Crippen LogP contribution in [0.5, 0.6) is 5.75 Å². The van der Waals surface area contributed by atoms with E-state index >= 15 is 0 Å². The van der Waals surface area contributed by atoms with Gasteiger partial charge in [-0.2, -0.15) is 0 Å². The normalized spacial score (nSPS) is 10.6. The van der Waals surface area contributed by atoms with Crippen LogP contribution in [0.4, 0.5) is 0 Å². The molecule has 0 aliphatic carbocycles. The molecule has 0 N–H and O–H groups in total. The Morgan fingerprint density at radius 1 is 1.00 bits per heavy atom. The maximum atomic E-state index is 5.83. The summed E-state index contributed by atoms with van der Waals surface area (Å²) in [6, 6.07) is 15.0. The smallest absolute Gasteiger partial charge is 0.138 e. The van der Waals surface area contributed by atoms with Crippen LogP contribution in [0.1, 0.15) is 36.5 Å². The summed E-state index contributed by atoms with van der Waals surface area (Å²) in [5.74, 6) is 1.60. The first kappa shape index (κ1) is 16.0. The molecule has 0 heterocycles. The molecule has 2 heteroatoms. The van der Waals surface area contributed by atoms with Crippen molar-refractivity contribution in [3.8, 4) is 5.75 Å². The number of ether oxygens (including phenoxy) is 1. The number of unbranched alkanes of at least 4 members (excludes halogenated alkanes) is 1. The molecule has 0 bridgehead atoms. The van der Waals surface area contributed by atoms with Gasteiger partial charge in [-0.05, 0) is 61.6 Å². The highest BCUT2D eigenvalue weighted by atomic mass is 32.2. The average Bonchev–Trinajstić information content (AvgIpc) is 2.50. The molecule has 0 amide bonds. The lowest BCUT2D eigenvalue weighted by atomic mass is 10.1. The molecule has 112 valence electrons. The Kier molecular flexibility index (Phi) is 6.19. The van der Waals surface area contributed by atoms with Crippen molar-refractivity contribution >= 4 is 11.8 Å². The molecular weight excluding hydrogens is 276 g/mol. The highest BCUT2D eigenvalue weighted by Gasteiger charge is 2.01. The van der Waals surface area contributed by atoms with Crippen LogP contribution in [0.2, 0.25) is 0 Å². The summed E-state index contributed by atoms with van der Waals surface area (Å²) in [7, 11) is 0. The molecule has 21 heavy (non-hydrogen) atoms. The minimum absolute atomic E-state index is 0.651. The van der Waals surface area contributed by atoms with Gasteiger partial charge in [0.15, 0.2) is 0 Å². The van der Waals surface area contributed by atoms with Crippen LogP contribution >= 0.6 is 11.8 Å². The molecule has 2 aromatic rings. The van der Waals surface area contributed by atoms with Gasteiger partial charge in [0.2, 0.25) is 0 Å². The van der Waals surface area contributed by atoms with E-state index in [4.69, 9.17) is 4.74 Å². The Labute approximate surface area is 132 Å². The largest absolute Gasteiger partial charge is 0.483 e. The average molecular weight is 300 g/mol. The van der Waals surface area contributed by atoms with Gasteiger partial charge in [0, 0.05) is 4.90 Å². The van der Waals surface area contributed by atoms with Crippen LogP contribution in [0.25, 0.3) is 0 Å². The highest BCUT2D eigenvalue weighted by Crippen LogP contribution is 2.24. The lowest BCUT2D eigenvalue weighted by molar-refractivity contribution is 0.393. The predicted octanol–water partition coefficient (Wildman–Crippen LogP) is 5.77. The Hall–Kier alpha value is -1.41. The molecule has 0 fully saturated rings. The Morgan fingerprint density at radius 3 is 2.48 bits per heavy atom. The molecule has 1 nitrogen and oxygen atoms in total. The summed E-state index contributed by atoms with van der Waals surface area (Å²) >= 11 is 1.75. The van der Waals surface area contributed by atoms with Gasteiger partial charge in [0.05, 0.1) is 0 Å². The monoisotopic (exact) mass is 300 g/mol. The second-order valence-electron chi connectivity index (χ2n) is 5.42. The van der Waals surface area contributed by atoms with Crippen molar-refractivity contribution in [3.05, 3.63) is 59.2 Å². The van der Waals surface area contributed by atoms with E-state index in [-0.39, 0.29) is 0 Å². The summed E-state index contributed by atoms with van der Waals surface area (Å²) in [6.07, 6.45) is 3.65. The third kappa shape index (κ3) is 5.13. The van der Waals surface area contributed by atoms with Crippen molar-refractivity contribution in [1.82, 2.24) is 0 Å². The molecule has 0 saturated carbocycles. The van der Waals surface area contributed by atoms with E-state index < -0.39 is 0 Å². The van der Waals surface area contributed by atoms with E-state index in [1.54, 1.807) is 11.8 Å². The summed E-state index contributed by atoms with van der Waals surface area (Å²) in [4.78, 5) is 1.30. The van der Waals surface area contributed by atoms with E-state index in [1.165, 1.54) is 34.4 Å². The van der Waals surface area contributed by atoms with E-state index in [9.17, 15) is 0 Å². The number of rotatable bonds is 7. The van der Waals surface area contributed by atoms with Crippen LogP contribution in [0, 0.1) is 13.8 Å². The molecule has 2 rings (SSSR count). The molecule has 0 saturated heterocycles. The number of aryl methyl sites for hydroxylation is 3. The molecule has 0 unspecified atom stereocenters. The van der Waals surface area contributed by atoms with Gasteiger partial charge in [-0.1, -0.05) is 49.4 Å². The Balaban J connectivity index is 1.84. The number of hydrogen-bond acceptors (Lipinski definition) is 2. The van der Waals surface area contributed by atoms with Crippen molar-refractivity contribution in [2.24, 2.45) is 0 Å². The maximum Gasteiger partial charge on any atom is 0.138 e. The van der Waals surface area contributed by atoms with E-state index in [2.05, 4.69) is 63.2 Å². The van der Waals surface area contributed by atoms with Crippen LogP contribution in [0.3, 0.4) is 0 Å². The predicted molar refractivity (Wildman–Crippen MR) is 92.3 cm³/mol. The summed E-state index contributed by atoms with van der Waals surface area (Å²) in [5.41, 5.74) is 4.00. The van der Waals surface area contributed by atoms with Crippen molar-refractivity contribution in [3.63, 3.8) is 0 Å². The maximum absolute atomic E-state index is 5.83. The molecular formula is C19H24OS. The fourth-order valence-electron chi connectivity index (χ4n) is 2.16. The topological polar surface area (TPSA) is 9.23 Å². The van der Waals surface area contributed by atoms with Crippen LogP contribution in [0.15, 0.2) is 47.4 Å². The first-order valence-electron chi connectivity index (χ1n) is 7.61. The summed E-state index contributed by atoms with van der Waals surface area (Å²) in [5, 5.41) is 0. The zero-order valence-corrected chi connectivity index (χ0v) is 14.0. The minimum Gasteiger partial charge on any atom is -0.483 e. The third-order valence-electron chi connectivity index (χ3n) is 3.53. The van der Waals surface area contributed by atoms with Crippen LogP contribution in [-0.4, -0.2) is 5.94 Å². The number of hydrogen-bond donors (Lipinski definition) is 0. The zero-order valence-electron chi connectivity index (χ0n) is 13.2. The fraction of sp³-hybridized carbons (Fsp3) is 0.368. The van der Waals surface area contributed by atoms with Gasteiger partial charge in [-0.15, -0.1) is 0 Å². The second-order valence-corrected chi connectivity index (χ2v) is 6.39. The lowest BCUT2D eigenvalue weighted by Crippen LogP contribution is -1.94. The van der Waals surface area contributed by atoms with Crippen LogP contribution < -0.4 is 4.74 Å². The minimum atomic E-state index is 0.651. The third-order valence-corrected chi connectivity index (χ3v) is 4.51. The van der Waals surface area contributed by atoms with Gasteiger partial charge in [-0.3, -0.25) is 0 Å². The zero-order chi connectivity index (χ0) is 15.1. The van der Waals surface area contributed by atoms with Crippen LogP contribution in [-0.2, 0) is 6.42 Å². The van der Waals surface area contributed by atoms with Crippen molar-refractivity contribution < 1.29 is 4.74 Å². The van der Waals surface area contributed by atoms with Crippen molar-refractivity contribution in [2.45, 2.75) is 44.9 Å². The van der Waals surface area contributed by atoms with E-state index in [0.717, 1.165) is 12.2 Å².